The highest BCUT2D eigenvalue weighted by Crippen LogP contribution is 2.40. The highest BCUT2D eigenvalue weighted by atomic mass is 15.1. The monoisotopic (exact) mass is 328 g/mol. The number of rotatable bonds is 3. The molecule has 2 N–H and O–H groups in total. The predicted molar refractivity (Wildman–Crippen MR) is 96.3 cm³/mol. The van der Waals surface area contributed by atoms with E-state index in [1.165, 1.54) is 12.8 Å². The smallest absolute Gasteiger partial charge is 0.165 e. The van der Waals surface area contributed by atoms with E-state index >= 15 is 0 Å². The van der Waals surface area contributed by atoms with Crippen LogP contribution in [0.1, 0.15) is 24.5 Å². The molecule has 1 aliphatic rings. The quantitative estimate of drug-likeness (QED) is 0.623. The fourth-order valence-corrected chi connectivity index (χ4v) is 3.10. The highest BCUT2D eigenvalue weighted by molar-refractivity contribution is 5.82. The number of imidazole rings is 1. The summed E-state index contributed by atoms with van der Waals surface area (Å²) in [5.74, 6) is 1.76. The van der Waals surface area contributed by atoms with Crippen LogP contribution in [-0.4, -0.2) is 24.5 Å². The Bertz CT molecular complexity index is 1070. The molecule has 0 aromatic carbocycles. The minimum atomic E-state index is 0.449. The average molecular weight is 328 g/mol. The molecule has 0 atom stereocenters. The van der Waals surface area contributed by atoms with Gasteiger partial charge in [-0.15, -0.1) is 0 Å². The molecule has 1 saturated carbocycles. The van der Waals surface area contributed by atoms with E-state index in [0.29, 0.717) is 11.7 Å². The van der Waals surface area contributed by atoms with Crippen molar-refractivity contribution in [2.24, 2.45) is 0 Å². The van der Waals surface area contributed by atoms with Gasteiger partial charge in [0.15, 0.2) is 11.5 Å². The Morgan fingerprint density at radius 2 is 1.88 bits per heavy atom. The second kappa shape index (κ2) is 5.37. The number of nitrogens with zero attached hydrogens (tertiary/aromatic N) is 5. The zero-order valence-electron chi connectivity index (χ0n) is 13.5. The number of nitrogen functional groups attached to an aromatic ring is 1. The minimum Gasteiger partial charge on any atom is -0.383 e. The van der Waals surface area contributed by atoms with E-state index in [9.17, 15) is 0 Å². The molecule has 0 amide bonds. The van der Waals surface area contributed by atoms with Gasteiger partial charge in [0.05, 0.1) is 17.4 Å². The summed E-state index contributed by atoms with van der Waals surface area (Å²) in [5.41, 5.74) is 10.6. The number of nitrogens with two attached hydrogens (primary N) is 1. The van der Waals surface area contributed by atoms with Crippen LogP contribution in [0.2, 0.25) is 0 Å². The summed E-state index contributed by atoms with van der Waals surface area (Å²) in [7, 11) is 0. The van der Waals surface area contributed by atoms with Gasteiger partial charge in [-0.3, -0.25) is 9.55 Å². The predicted octanol–water partition coefficient (Wildman–Crippen LogP) is 3.34. The SMILES string of the molecule is Nc1ncccc1-c1nc2ccc(C3CC3)nc2n1-c1cccnc1. The molecule has 4 aromatic heterocycles. The van der Waals surface area contributed by atoms with Gasteiger partial charge < -0.3 is 5.73 Å². The Morgan fingerprint density at radius 1 is 1.00 bits per heavy atom. The molecule has 4 aromatic rings. The molecule has 0 saturated heterocycles. The molecule has 5 rings (SSSR count). The second-order valence-electron chi connectivity index (χ2n) is 6.27. The summed E-state index contributed by atoms with van der Waals surface area (Å²) in [6, 6.07) is 11.8. The molecule has 25 heavy (non-hydrogen) atoms. The first-order valence-corrected chi connectivity index (χ1v) is 8.32. The Morgan fingerprint density at radius 3 is 2.64 bits per heavy atom. The maximum absolute atomic E-state index is 6.11. The summed E-state index contributed by atoms with van der Waals surface area (Å²) in [4.78, 5) is 18.2. The fraction of sp³-hybridized carbons (Fsp3) is 0.158. The van der Waals surface area contributed by atoms with Crippen molar-refractivity contribution < 1.29 is 0 Å². The maximum atomic E-state index is 6.11. The number of hydrogen-bond acceptors (Lipinski definition) is 5. The third-order valence-electron chi connectivity index (χ3n) is 4.51. The molecule has 6 heteroatoms. The van der Waals surface area contributed by atoms with Crippen LogP contribution < -0.4 is 5.73 Å². The topological polar surface area (TPSA) is 82.5 Å². The lowest BCUT2D eigenvalue weighted by Gasteiger charge is -2.09. The first-order chi connectivity index (χ1) is 12.3. The van der Waals surface area contributed by atoms with Crippen LogP contribution in [0.4, 0.5) is 5.82 Å². The Labute approximate surface area is 144 Å². The van der Waals surface area contributed by atoms with Gasteiger partial charge in [-0.1, -0.05) is 0 Å². The van der Waals surface area contributed by atoms with E-state index in [-0.39, 0.29) is 0 Å². The molecule has 6 nitrogen and oxygen atoms in total. The van der Waals surface area contributed by atoms with Crippen LogP contribution in [0.25, 0.3) is 28.2 Å². The van der Waals surface area contributed by atoms with Gasteiger partial charge in [0.2, 0.25) is 0 Å². The standard InChI is InChI=1S/C19H16N6/c20-17-14(4-2-10-22-17)18-24-16-8-7-15(12-5-6-12)23-19(16)25(18)13-3-1-9-21-11-13/h1-4,7-12H,5-6H2,(H2,20,22). The molecular formula is C19H16N6. The van der Waals surface area contributed by atoms with Crippen LogP contribution in [0.15, 0.2) is 55.0 Å². The van der Waals surface area contributed by atoms with Crippen molar-refractivity contribution in [1.82, 2.24) is 24.5 Å². The van der Waals surface area contributed by atoms with Crippen molar-refractivity contribution in [3.05, 3.63) is 60.7 Å². The molecule has 122 valence electrons. The molecule has 1 fully saturated rings. The summed E-state index contributed by atoms with van der Waals surface area (Å²) < 4.78 is 2.02. The second-order valence-corrected chi connectivity index (χ2v) is 6.27. The third kappa shape index (κ3) is 2.34. The lowest BCUT2D eigenvalue weighted by atomic mass is 10.2. The van der Waals surface area contributed by atoms with Crippen molar-refractivity contribution in [1.29, 1.82) is 0 Å². The molecule has 0 spiro atoms. The van der Waals surface area contributed by atoms with Crippen molar-refractivity contribution in [3.63, 3.8) is 0 Å². The number of pyridine rings is 3. The molecule has 4 heterocycles. The fourth-order valence-electron chi connectivity index (χ4n) is 3.10. The Kier molecular flexibility index (Phi) is 3.03. The lowest BCUT2D eigenvalue weighted by Crippen LogP contribution is -2.02. The third-order valence-corrected chi connectivity index (χ3v) is 4.51. The van der Waals surface area contributed by atoms with Crippen molar-refractivity contribution in [2.45, 2.75) is 18.8 Å². The number of aromatic nitrogens is 5. The zero-order valence-corrected chi connectivity index (χ0v) is 13.5. The Hall–Kier alpha value is -3.28. The van der Waals surface area contributed by atoms with Gasteiger partial charge >= 0.3 is 0 Å². The van der Waals surface area contributed by atoms with E-state index in [0.717, 1.165) is 33.9 Å². The van der Waals surface area contributed by atoms with Gasteiger partial charge in [-0.25, -0.2) is 15.0 Å². The van der Waals surface area contributed by atoms with Crippen LogP contribution in [0.3, 0.4) is 0 Å². The molecular weight excluding hydrogens is 312 g/mol. The number of fused-ring (bicyclic) bond motifs is 1. The molecule has 1 aliphatic carbocycles. The van der Waals surface area contributed by atoms with Crippen LogP contribution in [0.5, 0.6) is 0 Å². The van der Waals surface area contributed by atoms with Gasteiger partial charge in [0.25, 0.3) is 0 Å². The van der Waals surface area contributed by atoms with E-state index in [2.05, 4.69) is 16.0 Å². The van der Waals surface area contributed by atoms with Gasteiger partial charge in [0.1, 0.15) is 11.3 Å². The van der Waals surface area contributed by atoms with Crippen molar-refractivity contribution >= 4 is 17.0 Å². The largest absolute Gasteiger partial charge is 0.383 e. The lowest BCUT2D eigenvalue weighted by molar-refractivity contribution is 1.00. The molecule has 0 aliphatic heterocycles. The number of anilines is 1. The Balaban J connectivity index is 1.83. The summed E-state index contributed by atoms with van der Waals surface area (Å²) >= 11 is 0. The van der Waals surface area contributed by atoms with Crippen molar-refractivity contribution in [3.8, 4) is 17.1 Å². The van der Waals surface area contributed by atoms with Gasteiger partial charge in [-0.05, 0) is 49.2 Å². The number of hydrogen-bond donors (Lipinski definition) is 1. The average Bonchev–Trinajstić information content (AvgIpc) is 3.43. The highest BCUT2D eigenvalue weighted by Gasteiger charge is 2.26. The normalized spacial score (nSPS) is 14.1. The van der Waals surface area contributed by atoms with Crippen LogP contribution in [0, 0.1) is 0 Å². The molecule has 0 radical (unpaired) electrons. The summed E-state index contributed by atoms with van der Waals surface area (Å²) in [5, 5.41) is 0. The van der Waals surface area contributed by atoms with Gasteiger partial charge in [-0.2, -0.15) is 0 Å². The van der Waals surface area contributed by atoms with Crippen LogP contribution in [-0.2, 0) is 0 Å². The minimum absolute atomic E-state index is 0.449. The van der Waals surface area contributed by atoms with E-state index < -0.39 is 0 Å². The van der Waals surface area contributed by atoms with E-state index in [4.69, 9.17) is 15.7 Å². The van der Waals surface area contributed by atoms with Crippen molar-refractivity contribution in [2.75, 3.05) is 5.73 Å². The maximum Gasteiger partial charge on any atom is 0.165 e. The molecule has 0 bridgehead atoms. The first kappa shape index (κ1) is 14.1. The molecule has 0 unspecified atom stereocenters. The van der Waals surface area contributed by atoms with E-state index in [1.807, 2.05) is 41.1 Å². The van der Waals surface area contributed by atoms with Gasteiger partial charge in [0, 0.05) is 24.0 Å². The first-order valence-electron chi connectivity index (χ1n) is 8.32. The summed E-state index contributed by atoms with van der Waals surface area (Å²) in [6.45, 7) is 0. The summed E-state index contributed by atoms with van der Waals surface area (Å²) in [6.07, 6.45) is 7.66. The van der Waals surface area contributed by atoms with Crippen LogP contribution >= 0.6 is 0 Å². The van der Waals surface area contributed by atoms with E-state index in [1.54, 1.807) is 12.4 Å². The zero-order chi connectivity index (χ0) is 16.8.